The van der Waals surface area contributed by atoms with Gasteiger partial charge in [-0.05, 0) is 31.9 Å². The first-order valence-electron chi connectivity index (χ1n) is 9.07. The van der Waals surface area contributed by atoms with Crippen molar-refractivity contribution in [2.75, 3.05) is 0 Å². The highest BCUT2D eigenvalue weighted by Gasteiger charge is 1.80. The standard InChI is InChI=1S/C26H30O/c1-3-5-6-7-8-9-10-11-12-13-14-15-16-17-18-19-20-21-22-23-24-25-26(27)4-2/h3-9,11-12,14-25H,2,10,13H2,1H3. The van der Waals surface area contributed by atoms with E-state index in [-0.39, 0.29) is 5.78 Å². The van der Waals surface area contributed by atoms with E-state index in [1.54, 1.807) is 12.2 Å². The average Bonchev–Trinajstić information content (AvgIpc) is 2.68. The van der Waals surface area contributed by atoms with E-state index < -0.39 is 0 Å². The molecule has 0 unspecified atom stereocenters. The highest BCUT2D eigenvalue weighted by molar-refractivity contribution is 5.98. The summed E-state index contributed by atoms with van der Waals surface area (Å²) in [6.45, 7) is 5.40. The summed E-state index contributed by atoms with van der Waals surface area (Å²) < 4.78 is 0. The van der Waals surface area contributed by atoms with Gasteiger partial charge in [0.15, 0.2) is 5.78 Å². The Labute approximate surface area is 164 Å². The summed E-state index contributed by atoms with van der Waals surface area (Å²) in [5, 5.41) is 0. The van der Waals surface area contributed by atoms with Crippen molar-refractivity contribution in [3.8, 4) is 0 Å². The third-order valence-electron chi connectivity index (χ3n) is 2.97. The molecule has 27 heavy (non-hydrogen) atoms. The quantitative estimate of drug-likeness (QED) is 0.195. The zero-order valence-corrected chi connectivity index (χ0v) is 16.2. The molecule has 0 aromatic rings. The Morgan fingerprint density at radius 3 is 1.44 bits per heavy atom. The van der Waals surface area contributed by atoms with Crippen LogP contribution in [0.3, 0.4) is 0 Å². The third-order valence-corrected chi connectivity index (χ3v) is 2.97. The van der Waals surface area contributed by atoms with E-state index in [9.17, 15) is 4.79 Å². The van der Waals surface area contributed by atoms with Gasteiger partial charge in [0.1, 0.15) is 0 Å². The van der Waals surface area contributed by atoms with Gasteiger partial charge in [0, 0.05) is 0 Å². The molecule has 0 rings (SSSR count). The third kappa shape index (κ3) is 20.8. The van der Waals surface area contributed by atoms with E-state index in [1.165, 1.54) is 12.2 Å². The van der Waals surface area contributed by atoms with Crippen molar-refractivity contribution in [3.05, 3.63) is 134 Å². The molecule has 0 N–H and O–H groups in total. The first-order chi connectivity index (χ1) is 13.3. The molecule has 1 heteroatoms. The SMILES string of the molecule is C=CC(=O)C=CC=CC=CC=CC=CC=CCC=CCC=CC=CC=CC. The predicted octanol–water partition coefficient (Wildman–Crippen LogP) is 7.10. The minimum atomic E-state index is -0.0952. The summed E-state index contributed by atoms with van der Waals surface area (Å²) in [7, 11) is 0. The number of carbonyl (C=O) groups excluding carboxylic acids is 1. The fraction of sp³-hybridized carbons (Fsp3) is 0.115. The highest BCUT2D eigenvalue weighted by atomic mass is 16.1. The Balaban J connectivity index is 3.84. The topological polar surface area (TPSA) is 17.1 Å². The van der Waals surface area contributed by atoms with Gasteiger partial charge >= 0.3 is 0 Å². The molecular weight excluding hydrogens is 328 g/mol. The molecule has 0 aliphatic carbocycles. The molecule has 0 saturated heterocycles. The molecule has 0 amide bonds. The molecule has 0 aliphatic heterocycles. The van der Waals surface area contributed by atoms with E-state index in [0.717, 1.165) is 12.8 Å². The summed E-state index contributed by atoms with van der Waals surface area (Å²) in [6, 6.07) is 0. The lowest BCUT2D eigenvalue weighted by molar-refractivity contribution is -0.110. The summed E-state index contributed by atoms with van der Waals surface area (Å²) >= 11 is 0. The van der Waals surface area contributed by atoms with Gasteiger partial charge in [0.05, 0.1) is 0 Å². The number of rotatable bonds is 13. The van der Waals surface area contributed by atoms with Gasteiger partial charge in [0.25, 0.3) is 0 Å². The van der Waals surface area contributed by atoms with Gasteiger partial charge in [0.2, 0.25) is 0 Å². The van der Waals surface area contributed by atoms with Crippen LogP contribution in [0.25, 0.3) is 0 Å². The Kier molecular flexibility index (Phi) is 18.4. The molecule has 0 fully saturated rings. The van der Waals surface area contributed by atoms with Crippen LogP contribution in [-0.2, 0) is 4.79 Å². The van der Waals surface area contributed by atoms with Crippen LogP contribution in [0.5, 0.6) is 0 Å². The second kappa shape index (κ2) is 20.9. The van der Waals surface area contributed by atoms with Crippen LogP contribution >= 0.6 is 0 Å². The molecule has 0 bridgehead atoms. The molecule has 0 atom stereocenters. The molecule has 140 valence electrons. The minimum Gasteiger partial charge on any atom is -0.290 e. The van der Waals surface area contributed by atoms with Gasteiger partial charge in [-0.3, -0.25) is 4.79 Å². The Morgan fingerprint density at radius 2 is 1.00 bits per heavy atom. The van der Waals surface area contributed by atoms with Gasteiger partial charge in [-0.15, -0.1) is 0 Å². The van der Waals surface area contributed by atoms with Gasteiger partial charge in [-0.1, -0.05) is 122 Å². The first-order valence-corrected chi connectivity index (χ1v) is 9.07. The number of hydrogen-bond acceptors (Lipinski definition) is 1. The molecule has 0 spiro atoms. The maximum absolute atomic E-state index is 10.9. The second-order valence-corrected chi connectivity index (χ2v) is 5.22. The van der Waals surface area contributed by atoms with E-state index in [0.29, 0.717) is 0 Å². The zero-order valence-electron chi connectivity index (χ0n) is 16.2. The maximum Gasteiger partial charge on any atom is 0.178 e. The molecule has 0 aliphatic rings. The number of ketones is 1. The van der Waals surface area contributed by atoms with Crippen molar-refractivity contribution in [2.24, 2.45) is 0 Å². The van der Waals surface area contributed by atoms with Crippen LogP contribution < -0.4 is 0 Å². The van der Waals surface area contributed by atoms with Crippen molar-refractivity contribution in [1.82, 2.24) is 0 Å². The van der Waals surface area contributed by atoms with Gasteiger partial charge < -0.3 is 0 Å². The molecule has 0 aromatic heterocycles. The summed E-state index contributed by atoms with van der Waals surface area (Å²) in [5.74, 6) is -0.0952. The molecule has 0 radical (unpaired) electrons. The lowest BCUT2D eigenvalue weighted by Crippen LogP contribution is -1.80. The Hall–Kier alpha value is -3.19. The van der Waals surface area contributed by atoms with Crippen molar-refractivity contribution >= 4 is 5.78 Å². The van der Waals surface area contributed by atoms with Crippen molar-refractivity contribution < 1.29 is 4.79 Å². The second-order valence-electron chi connectivity index (χ2n) is 5.22. The molecule has 0 saturated carbocycles. The van der Waals surface area contributed by atoms with Crippen LogP contribution in [-0.4, -0.2) is 5.78 Å². The summed E-state index contributed by atoms with van der Waals surface area (Å²) in [5.41, 5.74) is 0. The van der Waals surface area contributed by atoms with Crippen molar-refractivity contribution in [1.29, 1.82) is 0 Å². The zero-order chi connectivity index (χ0) is 19.8. The largest absolute Gasteiger partial charge is 0.290 e. The lowest BCUT2D eigenvalue weighted by Gasteiger charge is -1.82. The van der Waals surface area contributed by atoms with Crippen LogP contribution in [0.15, 0.2) is 134 Å². The predicted molar refractivity (Wildman–Crippen MR) is 122 cm³/mol. The molecular formula is C26H30O. The van der Waals surface area contributed by atoms with Crippen molar-refractivity contribution in [2.45, 2.75) is 19.8 Å². The smallest absolute Gasteiger partial charge is 0.178 e. The van der Waals surface area contributed by atoms with Crippen LogP contribution in [0, 0.1) is 0 Å². The van der Waals surface area contributed by atoms with E-state index >= 15 is 0 Å². The average molecular weight is 359 g/mol. The minimum absolute atomic E-state index is 0.0952. The molecule has 0 aromatic carbocycles. The molecule has 0 heterocycles. The highest BCUT2D eigenvalue weighted by Crippen LogP contribution is 1.92. The number of carbonyl (C=O) groups is 1. The Morgan fingerprint density at radius 1 is 0.593 bits per heavy atom. The van der Waals surface area contributed by atoms with E-state index in [2.05, 4.69) is 37.0 Å². The fourth-order valence-electron chi connectivity index (χ4n) is 1.63. The van der Waals surface area contributed by atoms with Gasteiger partial charge in [-0.25, -0.2) is 0 Å². The van der Waals surface area contributed by atoms with Crippen LogP contribution in [0.1, 0.15) is 19.8 Å². The maximum atomic E-state index is 10.9. The summed E-state index contributed by atoms with van der Waals surface area (Å²) in [4.78, 5) is 10.9. The Bertz CT molecular complexity index is 684. The normalized spacial score (nSPS) is 14.0. The van der Waals surface area contributed by atoms with Gasteiger partial charge in [-0.2, -0.15) is 0 Å². The monoisotopic (exact) mass is 358 g/mol. The number of allylic oxidation sites excluding steroid dienone is 21. The summed E-state index contributed by atoms with van der Waals surface area (Å²) in [6.07, 6.45) is 42.4. The number of hydrogen-bond donors (Lipinski definition) is 0. The fourth-order valence-corrected chi connectivity index (χ4v) is 1.63. The van der Waals surface area contributed by atoms with Crippen molar-refractivity contribution in [3.63, 3.8) is 0 Å². The first kappa shape index (κ1) is 23.8. The van der Waals surface area contributed by atoms with E-state index in [1.807, 2.05) is 79.8 Å². The van der Waals surface area contributed by atoms with Crippen LogP contribution in [0.4, 0.5) is 0 Å². The van der Waals surface area contributed by atoms with E-state index in [4.69, 9.17) is 0 Å². The van der Waals surface area contributed by atoms with Crippen LogP contribution in [0.2, 0.25) is 0 Å². The molecule has 1 nitrogen and oxygen atoms in total. The lowest BCUT2D eigenvalue weighted by atomic mass is 10.3.